The molecule has 0 bridgehead atoms. The van der Waals surface area contributed by atoms with Gasteiger partial charge in [0.05, 0.1) is 5.69 Å². The molecule has 1 aromatic heterocycles. The van der Waals surface area contributed by atoms with Crippen LogP contribution in [0.3, 0.4) is 0 Å². The van der Waals surface area contributed by atoms with Crippen LogP contribution in [0.25, 0.3) is 0 Å². The number of aromatic nitrogens is 1. The molecular weight excluding hydrogens is 254 g/mol. The lowest BCUT2D eigenvalue weighted by Crippen LogP contribution is -2.24. The average Bonchev–Trinajstić information content (AvgIpc) is 2.53. The number of ether oxygens (including phenoxy) is 1. The van der Waals surface area contributed by atoms with Crippen molar-refractivity contribution >= 4 is 5.97 Å². The molecule has 4 N–H and O–H groups in total. The first kappa shape index (κ1) is 14.2. The van der Waals surface area contributed by atoms with E-state index in [0.717, 1.165) is 11.1 Å². The van der Waals surface area contributed by atoms with Crippen molar-refractivity contribution in [1.82, 2.24) is 4.98 Å². The Morgan fingerprint density at radius 3 is 2.65 bits per heavy atom. The van der Waals surface area contributed by atoms with E-state index >= 15 is 0 Å². The molecular formula is C15H17N3O2. The highest BCUT2D eigenvalue weighted by molar-refractivity contribution is 5.76. The second-order valence-electron chi connectivity index (χ2n) is 4.36. The third-order valence-electron chi connectivity index (χ3n) is 2.88. The van der Waals surface area contributed by atoms with Crippen LogP contribution in [0.4, 0.5) is 0 Å². The summed E-state index contributed by atoms with van der Waals surface area (Å²) in [5, 5.41) is 0. The van der Waals surface area contributed by atoms with Gasteiger partial charge in [0.2, 0.25) is 0 Å². The molecule has 0 aliphatic rings. The Hall–Kier alpha value is -2.24. The number of rotatable bonds is 5. The Morgan fingerprint density at radius 2 is 1.95 bits per heavy atom. The van der Waals surface area contributed by atoms with Crippen LogP contribution >= 0.6 is 0 Å². The normalized spacial score (nSPS) is 11.9. The predicted octanol–water partition coefficient (Wildman–Crippen LogP) is 1.28. The summed E-state index contributed by atoms with van der Waals surface area (Å²) in [6, 6.07) is 12.0. The molecule has 1 aromatic carbocycles. The van der Waals surface area contributed by atoms with E-state index in [2.05, 4.69) is 4.98 Å². The van der Waals surface area contributed by atoms with Crippen molar-refractivity contribution in [2.24, 2.45) is 11.5 Å². The topological polar surface area (TPSA) is 91.2 Å². The van der Waals surface area contributed by atoms with Crippen molar-refractivity contribution < 1.29 is 9.53 Å². The molecule has 5 heteroatoms. The Labute approximate surface area is 117 Å². The smallest absolute Gasteiger partial charge is 0.329 e. The second-order valence-corrected chi connectivity index (χ2v) is 4.36. The van der Waals surface area contributed by atoms with E-state index in [1.54, 1.807) is 18.3 Å². The molecule has 1 heterocycles. The lowest BCUT2D eigenvalue weighted by molar-refractivity contribution is -0.146. The van der Waals surface area contributed by atoms with E-state index in [1.807, 2.05) is 30.3 Å². The first-order valence-electron chi connectivity index (χ1n) is 6.31. The molecule has 2 rings (SSSR count). The molecule has 1 atom stereocenters. The number of nitrogens with two attached hydrogens (primary N) is 2. The van der Waals surface area contributed by atoms with E-state index in [-0.39, 0.29) is 6.61 Å². The van der Waals surface area contributed by atoms with Gasteiger partial charge in [-0.2, -0.15) is 0 Å². The maximum absolute atomic E-state index is 11.9. The zero-order valence-corrected chi connectivity index (χ0v) is 11.0. The molecule has 1 unspecified atom stereocenters. The Bertz CT molecular complexity index is 572. The molecule has 0 saturated carbocycles. The van der Waals surface area contributed by atoms with Crippen molar-refractivity contribution in [2.75, 3.05) is 0 Å². The second kappa shape index (κ2) is 6.79. The van der Waals surface area contributed by atoms with Gasteiger partial charge in [-0.05, 0) is 23.3 Å². The fourth-order valence-corrected chi connectivity index (χ4v) is 1.73. The van der Waals surface area contributed by atoms with Crippen LogP contribution in [0, 0.1) is 0 Å². The molecule has 104 valence electrons. The molecule has 20 heavy (non-hydrogen) atoms. The molecule has 5 nitrogen and oxygen atoms in total. The summed E-state index contributed by atoms with van der Waals surface area (Å²) in [5.41, 5.74) is 13.6. The van der Waals surface area contributed by atoms with Crippen molar-refractivity contribution in [3.8, 4) is 0 Å². The summed E-state index contributed by atoms with van der Waals surface area (Å²) >= 11 is 0. The molecule has 0 fully saturated rings. The fourth-order valence-electron chi connectivity index (χ4n) is 1.73. The zero-order valence-electron chi connectivity index (χ0n) is 11.0. The maximum atomic E-state index is 11.9. The minimum Gasteiger partial charge on any atom is -0.459 e. The van der Waals surface area contributed by atoms with Gasteiger partial charge in [-0.25, -0.2) is 4.79 Å². The molecule has 0 aliphatic carbocycles. The van der Waals surface area contributed by atoms with E-state index in [1.165, 1.54) is 0 Å². The zero-order chi connectivity index (χ0) is 14.4. The number of esters is 1. The van der Waals surface area contributed by atoms with Crippen molar-refractivity contribution in [3.05, 3.63) is 65.5 Å². The Balaban J connectivity index is 1.98. The van der Waals surface area contributed by atoms with E-state index in [4.69, 9.17) is 16.2 Å². The molecule has 2 aromatic rings. The summed E-state index contributed by atoms with van der Waals surface area (Å²) in [6.07, 6.45) is 1.59. The van der Waals surface area contributed by atoms with Crippen molar-refractivity contribution in [1.29, 1.82) is 0 Å². The molecule has 0 radical (unpaired) electrons. The van der Waals surface area contributed by atoms with Gasteiger partial charge in [0.1, 0.15) is 12.6 Å². The summed E-state index contributed by atoms with van der Waals surface area (Å²) in [6.45, 7) is 0.575. The van der Waals surface area contributed by atoms with Crippen LogP contribution in [-0.4, -0.2) is 11.0 Å². The van der Waals surface area contributed by atoms with Crippen LogP contribution in [0.15, 0.2) is 48.7 Å². The van der Waals surface area contributed by atoms with E-state index in [9.17, 15) is 4.79 Å². The third kappa shape index (κ3) is 3.63. The highest BCUT2D eigenvalue weighted by Crippen LogP contribution is 2.12. The maximum Gasteiger partial charge on any atom is 0.329 e. The number of pyridine rings is 1. The lowest BCUT2D eigenvalue weighted by Gasteiger charge is -2.12. The van der Waals surface area contributed by atoms with Gasteiger partial charge in [-0.3, -0.25) is 4.98 Å². The number of hydrogen-bond donors (Lipinski definition) is 2. The summed E-state index contributed by atoms with van der Waals surface area (Å²) in [4.78, 5) is 16.0. The fraction of sp³-hybridized carbons (Fsp3) is 0.200. The first-order chi connectivity index (χ1) is 9.70. The predicted molar refractivity (Wildman–Crippen MR) is 75.3 cm³/mol. The number of hydrogen-bond acceptors (Lipinski definition) is 5. The van der Waals surface area contributed by atoms with Gasteiger partial charge >= 0.3 is 5.97 Å². The minimum absolute atomic E-state index is 0.198. The standard InChI is InChI=1S/C15H17N3O2/c16-9-12-6-7-18-13(8-12)14(17)15(19)20-10-11-4-2-1-3-5-11/h1-8,14H,9-10,16-17H2. The summed E-state index contributed by atoms with van der Waals surface area (Å²) < 4.78 is 5.18. The Morgan fingerprint density at radius 1 is 1.20 bits per heavy atom. The molecule has 0 spiro atoms. The first-order valence-corrected chi connectivity index (χ1v) is 6.31. The Kier molecular flexibility index (Phi) is 4.81. The van der Waals surface area contributed by atoms with Gasteiger partial charge in [-0.1, -0.05) is 30.3 Å². The number of carbonyl (C=O) groups excluding carboxylic acids is 1. The largest absolute Gasteiger partial charge is 0.459 e. The third-order valence-corrected chi connectivity index (χ3v) is 2.88. The minimum atomic E-state index is -0.898. The van der Waals surface area contributed by atoms with Gasteiger partial charge in [-0.15, -0.1) is 0 Å². The highest BCUT2D eigenvalue weighted by atomic mass is 16.5. The summed E-state index contributed by atoms with van der Waals surface area (Å²) in [5.74, 6) is -0.504. The molecule has 0 amide bonds. The van der Waals surface area contributed by atoms with Crippen LogP contribution in [0.5, 0.6) is 0 Å². The number of benzene rings is 1. The van der Waals surface area contributed by atoms with Crippen molar-refractivity contribution in [2.45, 2.75) is 19.2 Å². The van der Waals surface area contributed by atoms with E-state index < -0.39 is 12.0 Å². The quantitative estimate of drug-likeness (QED) is 0.799. The van der Waals surface area contributed by atoms with Crippen LogP contribution in [0.1, 0.15) is 22.9 Å². The van der Waals surface area contributed by atoms with Crippen molar-refractivity contribution in [3.63, 3.8) is 0 Å². The van der Waals surface area contributed by atoms with Gasteiger partial charge in [0.25, 0.3) is 0 Å². The average molecular weight is 271 g/mol. The SMILES string of the molecule is NCc1ccnc(C(N)C(=O)OCc2ccccc2)c1. The number of carbonyl (C=O) groups is 1. The van der Waals surface area contributed by atoms with Crippen LogP contribution < -0.4 is 11.5 Å². The molecule has 0 aliphatic heterocycles. The van der Waals surface area contributed by atoms with Gasteiger partial charge in [0, 0.05) is 12.7 Å². The van der Waals surface area contributed by atoms with Crippen LogP contribution in [0.2, 0.25) is 0 Å². The lowest BCUT2D eigenvalue weighted by atomic mass is 10.1. The number of nitrogens with zero attached hydrogens (tertiary/aromatic N) is 1. The summed E-state index contributed by atoms with van der Waals surface area (Å²) in [7, 11) is 0. The van der Waals surface area contributed by atoms with Crippen LogP contribution in [-0.2, 0) is 22.7 Å². The van der Waals surface area contributed by atoms with Gasteiger partial charge in [0.15, 0.2) is 0 Å². The van der Waals surface area contributed by atoms with E-state index in [0.29, 0.717) is 12.2 Å². The molecule has 0 saturated heterocycles. The monoisotopic (exact) mass is 271 g/mol. The van der Waals surface area contributed by atoms with Gasteiger partial charge < -0.3 is 16.2 Å². The highest BCUT2D eigenvalue weighted by Gasteiger charge is 2.19.